The minimum Gasteiger partial charge on any atom is -0.423 e. The highest BCUT2D eigenvalue weighted by atomic mass is 16.4. The van der Waals surface area contributed by atoms with Crippen LogP contribution in [0, 0.1) is 5.41 Å². The topological polar surface area (TPSA) is 57.5 Å². The van der Waals surface area contributed by atoms with Crippen molar-refractivity contribution in [3.8, 4) is 0 Å². The van der Waals surface area contributed by atoms with Gasteiger partial charge < -0.3 is 10.0 Å². The van der Waals surface area contributed by atoms with Gasteiger partial charge in [-0.2, -0.15) is 0 Å². The minimum absolute atomic E-state index is 0.0500. The maximum Gasteiger partial charge on any atom is 0.484 e. The minimum atomic E-state index is -1.44. The van der Waals surface area contributed by atoms with Gasteiger partial charge in [0.15, 0.2) is 5.78 Å². The van der Waals surface area contributed by atoms with E-state index in [2.05, 4.69) is 0 Å². The maximum absolute atomic E-state index is 11.3. The van der Waals surface area contributed by atoms with E-state index in [4.69, 9.17) is 10.0 Å². The first-order valence-corrected chi connectivity index (χ1v) is 4.71. The van der Waals surface area contributed by atoms with Gasteiger partial charge in [0.2, 0.25) is 0 Å². The van der Waals surface area contributed by atoms with Crippen molar-refractivity contribution in [1.29, 1.82) is 0 Å². The van der Waals surface area contributed by atoms with Crippen LogP contribution in [0.4, 0.5) is 0 Å². The first kappa shape index (κ1) is 8.97. The smallest absolute Gasteiger partial charge is 0.423 e. The molecule has 2 N–H and O–H groups in total. The van der Waals surface area contributed by atoms with E-state index in [9.17, 15) is 4.79 Å². The number of ketones is 1. The van der Waals surface area contributed by atoms with Gasteiger partial charge in [-0.3, -0.25) is 4.79 Å². The van der Waals surface area contributed by atoms with Gasteiger partial charge in [0.1, 0.15) is 0 Å². The molecule has 0 heterocycles. The molecule has 2 aliphatic rings. The summed E-state index contributed by atoms with van der Waals surface area (Å²) in [5.74, 6) is 0.0500. The van der Waals surface area contributed by atoms with Crippen LogP contribution in [-0.4, -0.2) is 22.9 Å². The van der Waals surface area contributed by atoms with Gasteiger partial charge in [0, 0.05) is 6.42 Å². The summed E-state index contributed by atoms with van der Waals surface area (Å²) in [6, 6.07) is 0. The molecule has 3 nitrogen and oxygen atoms in total. The van der Waals surface area contributed by atoms with Crippen molar-refractivity contribution >= 4 is 12.9 Å². The molecule has 1 fully saturated rings. The van der Waals surface area contributed by atoms with Crippen LogP contribution in [-0.2, 0) is 4.79 Å². The second-order valence-electron chi connectivity index (χ2n) is 4.27. The van der Waals surface area contributed by atoms with E-state index in [1.165, 1.54) is 12.5 Å². The number of allylic oxidation sites excluding steroid dienone is 2. The fraction of sp³-hybridized carbons (Fsp3) is 0.667. The predicted octanol–water partition coefficient (Wildman–Crippen LogP) is 0.458. The Hall–Kier alpha value is -0.605. The van der Waals surface area contributed by atoms with Gasteiger partial charge in [0.05, 0.1) is 0 Å². The van der Waals surface area contributed by atoms with Crippen LogP contribution < -0.4 is 0 Å². The molecule has 4 heteroatoms. The van der Waals surface area contributed by atoms with Crippen LogP contribution in [0.25, 0.3) is 0 Å². The van der Waals surface area contributed by atoms with Crippen molar-refractivity contribution in [2.45, 2.75) is 32.1 Å². The molecule has 0 bridgehead atoms. The van der Waals surface area contributed by atoms with E-state index in [-0.39, 0.29) is 11.2 Å². The van der Waals surface area contributed by atoms with E-state index in [0.29, 0.717) is 18.3 Å². The summed E-state index contributed by atoms with van der Waals surface area (Å²) in [6.45, 7) is 0. The molecule has 1 saturated carbocycles. The lowest BCUT2D eigenvalue weighted by atomic mass is 9.56. The Morgan fingerprint density at radius 1 is 1.31 bits per heavy atom. The molecule has 0 unspecified atom stereocenters. The summed E-state index contributed by atoms with van der Waals surface area (Å²) in [5.41, 5.74) is 0.584. The standard InChI is InChI=1S/C9H13BO3/c11-8-4-7(10(12)13)5-9(6-8)2-1-3-9/h4,12-13H,1-3,5-6H2. The third-order valence-electron chi connectivity index (χ3n) is 3.22. The largest absolute Gasteiger partial charge is 0.484 e. The summed E-state index contributed by atoms with van der Waals surface area (Å²) in [7, 11) is -1.44. The van der Waals surface area contributed by atoms with Gasteiger partial charge >= 0.3 is 7.12 Å². The lowest BCUT2D eigenvalue weighted by molar-refractivity contribution is -0.119. The fourth-order valence-corrected chi connectivity index (χ4v) is 2.37. The Bertz CT molecular complexity index is 266. The molecular formula is C9H13BO3. The number of rotatable bonds is 1. The van der Waals surface area contributed by atoms with E-state index in [1.807, 2.05) is 0 Å². The van der Waals surface area contributed by atoms with Crippen molar-refractivity contribution in [3.05, 3.63) is 11.5 Å². The van der Waals surface area contributed by atoms with Crippen molar-refractivity contribution in [2.24, 2.45) is 5.41 Å². The second kappa shape index (κ2) is 2.96. The van der Waals surface area contributed by atoms with Crippen molar-refractivity contribution < 1.29 is 14.8 Å². The zero-order valence-corrected chi connectivity index (χ0v) is 7.49. The van der Waals surface area contributed by atoms with Crippen molar-refractivity contribution in [2.75, 3.05) is 0 Å². The monoisotopic (exact) mass is 180 g/mol. The van der Waals surface area contributed by atoms with Gasteiger partial charge in [-0.15, -0.1) is 0 Å². The third kappa shape index (κ3) is 1.56. The van der Waals surface area contributed by atoms with Crippen LogP contribution in [0.15, 0.2) is 11.5 Å². The van der Waals surface area contributed by atoms with E-state index >= 15 is 0 Å². The summed E-state index contributed by atoms with van der Waals surface area (Å²) in [4.78, 5) is 11.3. The lowest BCUT2D eigenvalue weighted by Gasteiger charge is -2.44. The van der Waals surface area contributed by atoms with E-state index in [0.717, 1.165) is 12.8 Å². The van der Waals surface area contributed by atoms with Crippen LogP contribution in [0.2, 0.25) is 0 Å². The molecule has 13 heavy (non-hydrogen) atoms. The van der Waals surface area contributed by atoms with Crippen molar-refractivity contribution in [1.82, 2.24) is 0 Å². The average Bonchev–Trinajstić information content (AvgIpc) is 2.00. The molecular weight excluding hydrogens is 167 g/mol. The van der Waals surface area contributed by atoms with Crippen LogP contribution in [0.5, 0.6) is 0 Å². The normalized spacial score (nSPS) is 25.4. The molecule has 0 aromatic carbocycles. The molecule has 0 aliphatic heterocycles. The highest BCUT2D eigenvalue weighted by Gasteiger charge is 2.42. The van der Waals surface area contributed by atoms with Gasteiger partial charge in [0.25, 0.3) is 0 Å². The summed E-state index contributed by atoms with van der Waals surface area (Å²) < 4.78 is 0. The van der Waals surface area contributed by atoms with Gasteiger partial charge in [-0.05, 0) is 36.2 Å². The Balaban J connectivity index is 2.17. The summed E-state index contributed by atoms with van der Waals surface area (Å²) in [5, 5.41) is 18.0. The molecule has 0 saturated heterocycles. The lowest BCUT2D eigenvalue weighted by Crippen LogP contribution is -2.37. The van der Waals surface area contributed by atoms with E-state index in [1.54, 1.807) is 0 Å². The molecule has 0 amide bonds. The highest BCUT2D eigenvalue weighted by Crippen LogP contribution is 2.50. The van der Waals surface area contributed by atoms with Crippen LogP contribution in [0.3, 0.4) is 0 Å². The van der Waals surface area contributed by atoms with Gasteiger partial charge in [-0.25, -0.2) is 0 Å². The zero-order valence-electron chi connectivity index (χ0n) is 7.49. The first-order chi connectivity index (χ1) is 6.11. The Kier molecular flexibility index (Phi) is 2.04. The average molecular weight is 180 g/mol. The molecule has 1 spiro atoms. The van der Waals surface area contributed by atoms with Crippen LogP contribution >= 0.6 is 0 Å². The zero-order chi connectivity index (χ0) is 9.47. The predicted molar refractivity (Wildman–Crippen MR) is 48.8 cm³/mol. The summed E-state index contributed by atoms with van der Waals surface area (Å²) in [6.07, 6.45) is 5.97. The van der Waals surface area contributed by atoms with Gasteiger partial charge in [-0.1, -0.05) is 6.42 Å². The van der Waals surface area contributed by atoms with E-state index < -0.39 is 7.12 Å². The molecule has 0 atom stereocenters. The Morgan fingerprint density at radius 3 is 2.46 bits per heavy atom. The number of hydrogen-bond acceptors (Lipinski definition) is 3. The molecule has 0 aromatic heterocycles. The highest BCUT2D eigenvalue weighted by molar-refractivity contribution is 6.51. The van der Waals surface area contributed by atoms with Crippen LogP contribution in [0.1, 0.15) is 32.1 Å². The molecule has 2 aliphatic carbocycles. The quantitative estimate of drug-likeness (QED) is 0.576. The van der Waals surface area contributed by atoms with Crippen molar-refractivity contribution in [3.63, 3.8) is 0 Å². The summed E-state index contributed by atoms with van der Waals surface area (Å²) >= 11 is 0. The third-order valence-corrected chi connectivity index (χ3v) is 3.22. The number of carbonyl (C=O) groups is 1. The SMILES string of the molecule is O=C1C=C(B(O)O)CC2(CCC2)C1. The molecule has 0 aromatic rings. The maximum atomic E-state index is 11.3. The molecule has 70 valence electrons. The second-order valence-corrected chi connectivity index (χ2v) is 4.27. The molecule has 2 rings (SSSR count). The Morgan fingerprint density at radius 2 is 2.00 bits per heavy atom. The number of hydrogen-bond donors (Lipinski definition) is 2. The Labute approximate surface area is 77.6 Å². The fourth-order valence-electron chi connectivity index (χ4n) is 2.37. The molecule has 0 radical (unpaired) electrons. The number of carbonyl (C=O) groups excluding carboxylic acids is 1. The first-order valence-electron chi connectivity index (χ1n) is 4.71.